The Labute approximate surface area is 109 Å². The van der Waals surface area contributed by atoms with Crippen LogP contribution >= 0.6 is 0 Å². The maximum absolute atomic E-state index is 13.0. The Morgan fingerprint density at radius 3 is 3.05 bits per heavy atom. The summed E-state index contributed by atoms with van der Waals surface area (Å²) in [4.78, 5) is 15.6. The van der Waals surface area contributed by atoms with E-state index in [2.05, 4.69) is 20.7 Å². The average Bonchev–Trinajstić information content (AvgIpc) is 3.16. The number of rotatable bonds is 5. The third-order valence-electron chi connectivity index (χ3n) is 2.95. The van der Waals surface area contributed by atoms with Crippen molar-refractivity contribution in [1.29, 1.82) is 0 Å². The van der Waals surface area contributed by atoms with Gasteiger partial charge in [-0.25, -0.2) is 8.91 Å². The summed E-state index contributed by atoms with van der Waals surface area (Å²) in [6.07, 6.45) is 3.26. The molecule has 0 saturated heterocycles. The highest BCUT2D eigenvalue weighted by atomic mass is 19.1. The monoisotopic (exact) mass is 263 g/mol. The third kappa shape index (κ3) is 2.81. The van der Waals surface area contributed by atoms with E-state index in [4.69, 9.17) is 0 Å². The number of amides is 1. The predicted octanol–water partition coefficient (Wildman–Crippen LogP) is 0.806. The summed E-state index contributed by atoms with van der Waals surface area (Å²) in [5.41, 5.74) is 0.575. The van der Waals surface area contributed by atoms with Gasteiger partial charge in [0.25, 0.3) is 0 Å². The van der Waals surface area contributed by atoms with Gasteiger partial charge in [-0.05, 0) is 25.0 Å². The van der Waals surface area contributed by atoms with Gasteiger partial charge in [-0.3, -0.25) is 4.79 Å². The summed E-state index contributed by atoms with van der Waals surface area (Å²) in [7, 11) is 0. The highest BCUT2D eigenvalue weighted by molar-refractivity contribution is 5.80. The molecule has 2 heterocycles. The van der Waals surface area contributed by atoms with Crippen molar-refractivity contribution in [3.05, 3.63) is 24.1 Å². The van der Waals surface area contributed by atoms with Crippen LogP contribution in [0.15, 0.2) is 18.3 Å². The number of carbonyl (C=O) groups is 1. The van der Waals surface area contributed by atoms with Gasteiger partial charge < -0.3 is 10.6 Å². The lowest BCUT2D eigenvalue weighted by molar-refractivity contribution is -0.122. The van der Waals surface area contributed by atoms with Crippen molar-refractivity contribution >= 4 is 17.5 Å². The highest BCUT2D eigenvalue weighted by Gasteiger charge is 2.28. The van der Waals surface area contributed by atoms with Gasteiger partial charge in [-0.1, -0.05) is 0 Å². The van der Waals surface area contributed by atoms with Gasteiger partial charge in [-0.15, -0.1) is 5.10 Å². The first kappa shape index (κ1) is 11.9. The molecule has 1 saturated carbocycles. The molecule has 0 atom stereocenters. The maximum Gasteiger partial charge on any atom is 0.243 e. The minimum atomic E-state index is -0.361. The van der Waals surface area contributed by atoms with Crippen molar-refractivity contribution < 1.29 is 9.18 Å². The summed E-state index contributed by atoms with van der Waals surface area (Å²) in [5.74, 6) is 0.398. The molecule has 2 aromatic heterocycles. The van der Waals surface area contributed by atoms with Gasteiger partial charge in [0.15, 0.2) is 5.65 Å². The average molecular weight is 263 g/mol. The number of hydrogen-bond acceptors (Lipinski definition) is 4. The summed E-state index contributed by atoms with van der Waals surface area (Å²) >= 11 is 0. The van der Waals surface area contributed by atoms with Crippen LogP contribution < -0.4 is 10.6 Å². The van der Waals surface area contributed by atoms with Crippen molar-refractivity contribution in [3.8, 4) is 0 Å². The molecule has 1 aliphatic rings. The van der Waals surface area contributed by atoms with E-state index in [1.54, 1.807) is 6.07 Å². The zero-order valence-electron chi connectivity index (χ0n) is 10.3. The number of halogens is 1. The summed E-state index contributed by atoms with van der Waals surface area (Å²) in [6, 6.07) is 2.89. The zero-order valence-corrected chi connectivity index (χ0v) is 10.3. The Bertz CT molecular complexity index is 607. The number of aromatic nitrogens is 3. The molecule has 1 amide bonds. The fraction of sp³-hybridized carbons (Fsp3) is 0.417. The molecule has 19 heavy (non-hydrogen) atoms. The molecule has 7 heteroatoms. The molecule has 0 bridgehead atoms. The standard InChI is InChI=1S/C12H14FN5O/c13-9-3-4-10-16-12(17-18(10)7-9)15-6-5-14-11(19)8-1-2-8/h3-4,7-8H,1-2,5-6H2,(H,14,19)(H,15,17). The van der Waals surface area contributed by atoms with E-state index in [9.17, 15) is 9.18 Å². The first-order valence-corrected chi connectivity index (χ1v) is 6.26. The molecule has 100 valence electrons. The minimum Gasteiger partial charge on any atom is -0.354 e. The number of carbonyl (C=O) groups excluding carboxylic acids is 1. The highest BCUT2D eigenvalue weighted by Crippen LogP contribution is 2.28. The molecule has 6 nitrogen and oxygen atoms in total. The van der Waals surface area contributed by atoms with Gasteiger partial charge in [0.2, 0.25) is 11.9 Å². The molecule has 0 aromatic carbocycles. The van der Waals surface area contributed by atoms with Crippen LogP contribution in [0.2, 0.25) is 0 Å². The third-order valence-corrected chi connectivity index (χ3v) is 2.95. The number of nitrogens with one attached hydrogen (secondary N) is 2. The number of fused-ring (bicyclic) bond motifs is 1. The molecule has 3 rings (SSSR count). The SMILES string of the molecule is O=C(NCCNc1nc2ccc(F)cn2n1)C1CC1. The second kappa shape index (κ2) is 4.83. The Morgan fingerprint density at radius 2 is 2.26 bits per heavy atom. The summed E-state index contributed by atoms with van der Waals surface area (Å²) in [5, 5.41) is 9.90. The first-order valence-electron chi connectivity index (χ1n) is 6.26. The fourth-order valence-corrected chi connectivity index (χ4v) is 1.78. The molecule has 0 radical (unpaired) electrons. The Kier molecular flexibility index (Phi) is 3.02. The number of hydrogen-bond donors (Lipinski definition) is 2. The van der Waals surface area contributed by atoms with E-state index in [1.165, 1.54) is 16.8 Å². The first-order chi connectivity index (χ1) is 9.22. The molecule has 0 spiro atoms. The molecule has 2 aromatic rings. The van der Waals surface area contributed by atoms with Crippen LogP contribution in [0.1, 0.15) is 12.8 Å². The van der Waals surface area contributed by atoms with Crippen molar-refractivity contribution in [2.75, 3.05) is 18.4 Å². The number of pyridine rings is 1. The fourth-order valence-electron chi connectivity index (χ4n) is 1.78. The van der Waals surface area contributed by atoms with Crippen molar-refractivity contribution in [2.45, 2.75) is 12.8 Å². The van der Waals surface area contributed by atoms with Gasteiger partial charge in [-0.2, -0.15) is 4.98 Å². The molecule has 0 aliphatic heterocycles. The van der Waals surface area contributed by atoms with E-state index in [1.807, 2.05) is 0 Å². The van der Waals surface area contributed by atoms with Crippen molar-refractivity contribution in [1.82, 2.24) is 19.9 Å². The predicted molar refractivity (Wildman–Crippen MR) is 67.2 cm³/mol. The van der Waals surface area contributed by atoms with E-state index < -0.39 is 0 Å². The largest absolute Gasteiger partial charge is 0.354 e. The lowest BCUT2D eigenvalue weighted by Crippen LogP contribution is -2.29. The topological polar surface area (TPSA) is 71.3 Å². The number of anilines is 1. The molecular formula is C12H14FN5O. The van der Waals surface area contributed by atoms with Crippen LogP contribution in [0, 0.1) is 11.7 Å². The number of nitrogens with zero attached hydrogens (tertiary/aromatic N) is 3. The molecule has 1 aliphatic carbocycles. The smallest absolute Gasteiger partial charge is 0.243 e. The van der Waals surface area contributed by atoms with Gasteiger partial charge in [0, 0.05) is 19.0 Å². The molecule has 2 N–H and O–H groups in total. The molecule has 0 unspecified atom stereocenters. The van der Waals surface area contributed by atoms with E-state index in [0.29, 0.717) is 24.7 Å². The normalized spacial score (nSPS) is 14.6. The van der Waals surface area contributed by atoms with Crippen LogP contribution in [-0.4, -0.2) is 33.6 Å². The van der Waals surface area contributed by atoms with Gasteiger partial charge in [0.1, 0.15) is 5.82 Å². The van der Waals surface area contributed by atoms with E-state index in [-0.39, 0.29) is 17.6 Å². The van der Waals surface area contributed by atoms with Crippen molar-refractivity contribution in [2.24, 2.45) is 5.92 Å². The van der Waals surface area contributed by atoms with Crippen LogP contribution in [-0.2, 0) is 4.79 Å². The Morgan fingerprint density at radius 1 is 1.42 bits per heavy atom. The van der Waals surface area contributed by atoms with Crippen LogP contribution in [0.3, 0.4) is 0 Å². The van der Waals surface area contributed by atoms with Crippen LogP contribution in [0.5, 0.6) is 0 Å². The lowest BCUT2D eigenvalue weighted by atomic mass is 10.4. The quantitative estimate of drug-likeness (QED) is 0.783. The molecule has 1 fully saturated rings. The van der Waals surface area contributed by atoms with E-state index >= 15 is 0 Å². The Hall–Kier alpha value is -2.18. The summed E-state index contributed by atoms with van der Waals surface area (Å²) in [6.45, 7) is 1.07. The second-order valence-corrected chi connectivity index (χ2v) is 4.58. The summed E-state index contributed by atoms with van der Waals surface area (Å²) < 4.78 is 14.3. The zero-order chi connectivity index (χ0) is 13.2. The minimum absolute atomic E-state index is 0.117. The maximum atomic E-state index is 13.0. The van der Waals surface area contributed by atoms with Crippen molar-refractivity contribution in [3.63, 3.8) is 0 Å². The Balaban J connectivity index is 1.52. The van der Waals surface area contributed by atoms with Gasteiger partial charge in [0.05, 0.1) is 6.20 Å². The van der Waals surface area contributed by atoms with Crippen LogP contribution in [0.25, 0.3) is 5.65 Å². The van der Waals surface area contributed by atoms with Crippen LogP contribution in [0.4, 0.5) is 10.3 Å². The van der Waals surface area contributed by atoms with E-state index in [0.717, 1.165) is 12.8 Å². The van der Waals surface area contributed by atoms with Gasteiger partial charge >= 0.3 is 0 Å². The second-order valence-electron chi connectivity index (χ2n) is 4.58. The lowest BCUT2D eigenvalue weighted by Gasteiger charge is -2.03. The molecular weight excluding hydrogens is 249 g/mol.